The fourth-order valence-electron chi connectivity index (χ4n) is 3.27. The van der Waals surface area contributed by atoms with E-state index in [-0.39, 0.29) is 10.8 Å². The molecular weight excluding hydrogens is 348 g/mol. The van der Waals surface area contributed by atoms with Gasteiger partial charge in [-0.15, -0.1) is 0 Å². The van der Waals surface area contributed by atoms with Crippen LogP contribution in [0.3, 0.4) is 0 Å². The Morgan fingerprint density at radius 1 is 0.885 bits per heavy atom. The quantitative estimate of drug-likeness (QED) is 0.764. The summed E-state index contributed by atoms with van der Waals surface area (Å²) >= 11 is 0. The molecule has 0 unspecified atom stereocenters. The molecule has 3 aromatic carbocycles. The molecule has 0 bridgehead atoms. The van der Waals surface area contributed by atoms with E-state index in [1.54, 1.807) is 47.4 Å². The Bertz CT molecular complexity index is 1070. The van der Waals surface area contributed by atoms with Crippen molar-refractivity contribution in [3.05, 3.63) is 66.7 Å². The molecule has 6 heteroatoms. The number of sulfonamides is 1. The van der Waals surface area contributed by atoms with Gasteiger partial charge < -0.3 is 4.90 Å². The zero-order valence-electron chi connectivity index (χ0n) is 14.1. The third-order valence-corrected chi connectivity index (χ3v) is 5.98. The van der Waals surface area contributed by atoms with E-state index in [4.69, 9.17) is 0 Å². The van der Waals surface area contributed by atoms with Crippen molar-refractivity contribution in [3.8, 4) is 0 Å². The van der Waals surface area contributed by atoms with Crippen molar-refractivity contribution >= 4 is 38.1 Å². The molecule has 0 saturated carbocycles. The zero-order chi connectivity index (χ0) is 18.1. The number of anilines is 2. The van der Waals surface area contributed by atoms with Gasteiger partial charge in [0, 0.05) is 29.7 Å². The van der Waals surface area contributed by atoms with E-state index in [0.29, 0.717) is 24.0 Å². The summed E-state index contributed by atoms with van der Waals surface area (Å²) in [5.41, 5.74) is 1.26. The topological polar surface area (TPSA) is 66.5 Å². The third kappa shape index (κ3) is 3.04. The van der Waals surface area contributed by atoms with Crippen LogP contribution in [-0.4, -0.2) is 20.9 Å². The predicted octanol–water partition coefficient (Wildman–Crippen LogP) is 3.77. The highest BCUT2D eigenvalue weighted by Gasteiger charge is 2.22. The van der Waals surface area contributed by atoms with E-state index in [2.05, 4.69) is 4.72 Å². The number of hydrogen-bond acceptors (Lipinski definition) is 3. The third-order valence-electron chi connectivity index (χ3n) is 4.54. The molecule has 132 valence electrons. The summed E-state index contributed by atoms with van der Waals surface area (Å²) in [5, 5.41) is 1.56. The van der Waals surface area contributed by atoms with Crippen LogP contribution in [0.25, 0.3) is 10.8 Å². The number of amides is 1. The Hall–Kier alpha value is -2.86. The largest absolute Gasteiger partial charge is 0.312 e. The fraction of sp³-hybridized carbons (Fsp3) is 0.150. The van der Waals surface area contributed by atoms with E-state index >= 15 is 0 Å². The molecule has 4 rings (SSSR count). The monoisotopic (exact) mass is 366 g/mol. The number of carbonyl (C=O) groups excluding carboxylic acids is 1. The second kappa shape index (κ2) is 6.46. The summed E-state index contributed by atoms with van der Waals surface area (Å²) in [6, 6.07) is 19.5. The molecule has 3 aromatic rings. The Morgan fingerprint density at radius 3 is 2.35 bits per heavy atom. The van der Waals surface area contributed by atoms with E-state index in [0.717, 1.165) is 17.5 Å². The number of rotatable bonds is 4. The van der Waals surface area contributed by atoms with Crippen molar-refractivity contribution in [1.29, 1.82) is 0 Å². The number of fused-ring (bicyclic) bond motifs is 1. The summed E-state index contributed by atoms with van der Waals surface area (Å²) in [5.74, 6) is 0.106. The normalized spacial score (nSPS) is 14.8. The van der Waals surface area contributed by atoms with Gasteiger partial charge in [0.2, 0.25) is 5.91 Å². The van der Waals surface area contributed by atoms with Crippen LogP contribution in [0.4, 0.5) is 11.4 Å². The van der Waals surface area contributed by atoms with Crippen LogP contribution in [0.2, 0.25) is 0 Å². The molecule has 0 radical (unpaired) electrons. The minimum Gasteiger partial charge on any atom is -0.312 e. The molecule has 1 aliphatic rings. The number of carbonyl (C=O) groups is 1. The summed E-state index contributed by atoms with van der Waals surface area (Å²) in [6.07, 6.45) is 1.42. The lowest BCUT2D eigenvalue weighted by atomic mass is 10.1. The summed E-state index contributed by atoms with van der Waals surface area (Å²) in [7, 11) is -3.71. The van der Waals surface area contributed by atoms with Crippen molar-refractivity contribution in [2.45, 2.75) is 17.7 Å². The maximum Gasteiger partial charge on any atom is 0.262 e. The van der Waals surface area contributed by atoms with Crippen LogP contribution in [0.15, 0.2) is 71.6 Å². The SMILES string of the molecule is O=C1CCCN1c1ccc(NS(=O)(=O)c2cccc3ccccc23)cc1. The van der Waals surface area contributed by atoms with Crippen molar-refractivity contribution < 1.29 is 13.2 Å². The van der Waals surface area contributed by atoms with Crippen LogP contribution in [0.1, 0.15) is 12.8 Å². The molecule has 0 aromatic heterocycles. The molecule has 26 heavy (non-hydrogen) atoms. The molecule has 1 heterocycles. The van der Waals surface area contributed by atoms with Gasteiger partial charge in [0.05, 0.1) is 4.90 Å². The summed E-state index contributed by atoms with van der Waals surface area (Å²) in [4.78, 5) is 13.8. The molecule has 1 aliphatic heterocycles. The minimum absolute atomic E-state index is 0.106. The zero-order valence-corrected chi connectivity index (χ0v) is 14.9. The van der Waals surface area contributed by atoms with Crippen molar-refractivity contribution in [2.75, 3.05) is 16.2 Å². The highest BCUT2D eigenvalue weighted by Crippen LogP contribution is 2.27. The molecule has 1 saturated heterocycles. The predicted molar refractivity (Wildman–Crippen MR) is 103 cm³/mol. The van der Waals surface area contributed by atoms with Gasteiger partial charge in [-0.25, -0.2) is 8.42 Å². The average Bonchev–Trinajstić information content (AvgIpc) is 3.07. The molecule has 1 N–H and O–H groups in total. The highest BCUT2D eigenvalue weighted by atomic mass is 32.2. The summed E-state index contributed by atoms with van der Waals surface area (Å²) in [6.45, 7) is 0.708. The van der Waals surface area contributed by atoms with Crippen LogP contribution in [0, 0.1) is 0 Å². The standard InChI is InChI=1S/C20H18N2O3S/c23-20-9-4-14-22(20)17-12-10-16(11-13-17)21-26(24,25)19-8-3-6-15-5-1-2-7-18(15)19/h1-3,5-8,10-13,21H,4,9,14H2. The average molecular weight is 366 g/mol. The fourth-order valence-corrected chi connectivity index (χ4v) is 4.56. The van der Waals surface area contributed by atoms with Gasteiger partial charge in [-0.1, -0.05) is 36.4 Å². The van der Waals surface area contributed by atoms with E-state index < -0.39 is 10.0 Å². The highest BCUT2D eigenvalue weighted by molar-refractivity contribution is 7.93. The first-order valence-electron chi connectivity index (χ1n) is 8.46. The second-order valence-electron chi connectivity index (χ2n) is 6.28. The lowest BCUT2D eigenvalue weighted by Gasteiger charge is -2.16. The number of benzene rings is 3. The van der Waals surface area contributed by atoms with Crippen LogP contribution in [-0.2, 0) is 14.8 Å². The molecule has 1 fully saturated rings. The molecule has 0 spiro atoms. The van der Waals surface area contributed by atoms with Gasteiger partial charge in [-0.05, 0) is 42.1 Å². The van der Waals surface area contributed by atoms with Crippen molar-refractivity contribution in [3.63, 3.8) is 0 Å². The van der Waals surface area contributed by atoms with Crippen molar-refractivity contribution in [2.24, 2.45) is 0 Å². The molecule has 0 atom stereocenters. The first kappa shape index (κ1) is 16.6. The lowest BCUT2D eigenvalue weighted by molar-refractivity contribution is -0.117. The number of hydrogen-bond donors (Lipinski definition) is 1. The Labute approximate surface area is 152 Å². The molecular formula is C20H18N2O3S. The van der Waals surface area contributed by atoms with Crippen LogP contribution >= 0.6 is 0 Å². The Kier molecular flexibility index (Phi) is 4.12. The van der Waals surface area contributed by atoms with Gasteiger partial charge in [0.15, 0.2) is 0 Å². The first-order valence-corrected chi connectivity index (χ1v) is 9.94. The summed E-state index contributed by atoms with van der Waals surface area (Å²) < 4.78 is 28.3. The van der Waals surface area contributed by atoms with E-state index in [1.807, 2.05) is 24.3 Å². The van der Waals surface area contributed by atoms with Crippen LogP contribution < -0.4 is 9.62 Å². The van der Waals surface area contributed by atoms with Crippen molar-refractivity contribution in [1.82, 2.24) is 0 Å². The van der Waals surface area contributed by atoms with Gasteiger partial charge in [0.1, 0.15) is 0 Å². The molecule has 0 aliphatic carbocycles. The molecule has 1 amide bonds. The molecule has 5 nitrogen and oxygen atoms in total. The number of nitrogens with zero attached hydrogens (tertiary/aromatic N) is 1. The number of nitrogens with one attached hydrogen (secondary N) is 1. The van der Waals surface area contributed by atoms with E-state index in [9.17, 15) is 13.2 Å². The van der Waals surface area contributed by atoms with Gasteiger partial charge in [-0.3, -0.25) is 9.52 Å². The maximum absolute atomic E-state index is 12.8. The second-order valence-corrected chi connectivity index (χ2v) is 7.93. The maximum atomic E-state index is 12.8. The van der Waals surface area contributed by atoms with E-state index in [1.165, 1.54) is 0 Å². The minimum atomic E-state index is -3.71. The first-order chi connectivity index (χ1) is 12.5. The lowest BCUT2D eigenvalue weighted by Crippen LogP contribution is -2.23. The van der Waals surface area contributed by atoms with Gasteiger partial charge >= 0.3 is 0 Å². The van der Waals surface area contributed by atoms with Crippen LogP contribution in [0.5, 0.6) is 0 Å². The Morgan fingerprint density at radius 2 is 1.62 bits per heavy atom. The smallest absolute Gasteiger partial charge is 0.262 e. The van der Waals surface area contributed by atoms with Gasteiger partial charge in [-0.2, -0.15) is 0 Å². The Balaban J connectivity index is 1.62. The van der Waals surface area contributed by atoms with Gasteiger partial charge in [0.25, 0.3) is 10.0 Å².